The fourth-order valence-corrected chi connectivity index (χ4v) is 3.77. The molecule has 0 amide bonds. The first-order valence-corrected chi connectivity index (χ1v) is 9.07. The Balaban J connectivity index is 2.16. The SMILES string of the molecule is CCSCC(C)(C)c1ccccc1-n1[nH]c2ccccc2c1=O. The molecule has 120 valence electrons. The highest BCUT2D eigenvalue weighted by Gasteiger charge is 2.25. The van der Waals surface area contributed by atoms with Crippen molar-refractivity contribution in [2.75, 3.05) is 11.5 Å². The number of hydrogen-bond acceptors (Lipinski definition) is 2. The van der Waals surface area contributed by atoms with Crippen LogP contribution in [-0.4, -0.2) is 21.3 Å². The highest BCUT2D eigenvalue weighted by molar-refractivity contribution is 7.99. The summed E-state index contributed by atoms with van der Waals surface area (Å²) < 4.78 is 1.68. The largest absolute Gasteiger partial charge is 0.290 e. The molecule has 4 heteroatoms. The van der Waals surface area contributed by atoms with Crippen LogP contribution in [0.25, 0.3) is 16.6 Å². The van der Waals surface area contributed by atoms with Crippen LogP contribution in [0.5, 0.6) is 0 Å². The number of aromatic amines is 1. The molecule has 2 aromatic carbocycles. The van der Waals surface area contributed by atoms with Crippen LogP contribution in [0.1, 0.15) is 26.3 Å². The number of fused-ring (bicyclic) bond motifs is 1. The zero-order chi connectivity index (χ0) is 16.4. The van der Waals surface area contributed by atoms with Gasteiger partial charge >= 0.3 is 0 Å². The second-order valence-corrected chi connectivity index (χ2v) is 7.61. The second-order valence-electron chi connectivity index (χ2n) is 6.34. The van der Waals surface area contributed by atoms with E-state index >= 15 is 0 Å². The van der Waals surface area contributed by atoms with E-state index in [9.17, 15) is 4.79 Å². The second kappa shape index (κ2) is 6.28. The zero-order valence-electron chi connectivity index (χ0n) is 13.8. The highest BCUT2D eigenvalue weighted by atomic mass is 32.2. The number of rotatable bonds is 5. The molecule has 3 aromatic rings. The first-order valence-electron chi connectivity index (χ1n) is 7.92. The molecule has 0 radical (unpaired) electrons. The van der Waals surface area contributed by atoms with Crippen LogP contribution in [0.2, 0.25) is 0 Å². The maximum Gasteiger partial charge on any atom is 0.279 e. The van der Waals surface area contributed by atoms with Gasteiger partial charge in [-0.25, -0.2) is 4.68 Å². The van der Waals surface area contributed by atoms with Crippen molar-refractivity contribution >= 4 is 22.7 Å². The highest BCUT2D eigenvalue weighted by Crippen LogP contribution is 2.31. The van der Waals surface area contributed by atoms with Gasteiger partial charge in [-0.1, -0.05) is 51.1 Å². The van der Waals surface area contributed by atoms with Crippen LogP contribution >= 0.6 is 11.8 Å². The van der Waals surface area contributed by atoms with Gasteiger partial charge in [-0.3, -0.25) is 9.89 Å². The molecule has 1 aromatic heterocycles. The fourth-order valence-electron chi connectivity index (χ4n) is 2.90. The van der Waals surface area contributed by atoms with Gasteiger partial charge in [-0.2, -0.15) is 11.8 Å². The Kier molecular flexibility index (Phi) is 4.35. The van der Waals surface area contributed by atoms with Crippen molar-refractivity contribution in [3.05, 3.63) is 64.4 Å². The van der Waals surface area contributed by atoms with Gasteiger partial charge in [0.05, 0.1) is 16.6 Å². The minimum Gasteiger partial charge on any atom is -0.290 e. The van der Waals surface area contributed by atoms with Crippen LogP contribution < -0.4 is 5.56 Å². The lowest BCUT2D eigenvalue weighted by Gasteiger charge is -2.27. The summed E-state index contributed by atoms with van der Waals surface area (Å²) in [5.41, 5.74) is 3.00. The summed E-state index contributed by atoms with van der Waals surface area (Å²) in [5.74, 6) is 2.12. The van der Waals surface area contributed by atoms with Crippen molar-refractivity contribution in [1.82, 2.24) is 9.78 Å². The predicted molar refractivity (Wildman–Crippen MR) is 99.9 cm³/mol. The molecule has 1 N–H and O–H groups in total. The first-order chi connectivity index (χ1) is 11.0. The lowest BCUT2D eigenvalue weighted by Crippen LogP contribution is -2.25. The molecular weight excluding hydrogens is 304 g/mol. The van der Waals surface area contributed by atoms with E-state index in [1.54, 1.807) is 4.68 Å². The summed E-state index contributed by atoms with van der Waals surface area (Å²) in [6, 6.07) is 15.8. The number of para-hydroxylation sites is 2. The van der Waals surface area contributed by atoms with Gasteiger partial charge in [0.15, 0.2) is 0 Å². The number of nitrogens with one attached hydrogen (secondary N) is 1. The maximum atomic E-state index is 12.7. The van der Waals surface area contributed by atoms with Crippen molar-refractivity contribution in [2.24, 2.45) is 0 Å². The average Bonchev–Trinajstić information content (AvgIpc) is 2.90. The van der Waals surface area contributed by atoms with Crippen molar-refractivity contribution in [2.45, 2.75) is 26.2 Å². The normalized spacial score (nSPS) is 12.0. The van der Waals surface area contributed by atoms with E-state index in [4.69, 9.17) is 0 Å². The van der Waals surface area contributed by atoms with Crippen molar-refractivity contribution in [3.63, 3.8) is 0 Å². The minimum atomic E-state index is -0.00595. The van der Waals surface area contributed by atoms with Gasteiger partial charge in [0, 0.05) is 11.2 Å². The average molecular weight is 326 g/mol. The van der Waals surface area contributed by atoms with E-state index in [2.05, 4.69) is 31.9 Å². The summed E-state index contributed by atoms with van der Waals surface area (Å²) in [5, 5.41) is 3.97. The van der Waals surface area contributed by atoms with Gasteiger partial charge < -0.3 is 0 Å². The van der Waals surface area contributed by atoms with E-state index < -0.39 is 0 Å². The summed E-state index contributed by atoms with van der Waals surface area (Å²) in [6.07, 6.45) is 0. The molecule has 3 rings (SSSR count). The van der Waals surface area contributed by atoms with Crippen molar-refractivity contribution in [3.8, 4) is 5.69 Å². The molecule has 0 atom stereocenters. The fraction of sp³-hybridized carbons (Fsp3) is 0.316. The van der Waals surface area contributed by atoms with Crippen LogP contribution in [0.15, 0.2) is 53.3 Å². The molecule has 23 heavy (non-hydrogen) atoms. The van der Waals surface area contributed by atoms with Gasteiger partial charge in [-0.15, -0.1) is 0 Å². The van der Waals surface area contributed by atoms with Crippen LogP contribution in [0.4, 0.5) is 0 Å². The Bertz CT molecular complexity index is 876. The summed E-state index contributed by atoms with van der Waals surface area (Å²) in [4.78, 5) is 12.7. The Hall–Kier alpha value is -1.94. The Labute approximate surface area is 140 Å². The van der Waals surface area contributed by atoms with E-state index in [-0.39, 0.29) is 11.0 Å². The van der Waals surface area contributed by atoms with Crippen LogP contribution in [0, 0.1) is 0 Å². The number of H-pyrrole nitrogens is 1. The molecule has 0 fully saturated rings. The lowest BCUT2D eigenvalue weighted by molar-refractivity contribution is 0.594. The van der Waals surface area contributed by atoms with Gasteiger partial charge in [0.25, 0.3) is 5.56 Å². The third-order valence-electron chi connectivity index (χ3n) is 4.13. The smallest absolute Gasteiger partial charge is 0.279 e. The maximum absolute atomic E-state index is 12.7. The van der Waals surface area contributed by atoms with E-state index in [0.717, 1.165) is 28.1 Å². The summed E-state index contributed by atoms with van der Waals surface area (Å²) in [6.45, 7) is 6.65. The third-order valence-corrected chi connectivity index (χ3v) is 5.47. The number of aromatic nitrogens is 2. The monoisotopic (exact) mass is 326 g/mol. The number of benzene rings is 2. The first kappa shape index (κ1) is 15.9. The van der Waals surface area contributed by atoms with E-state index in [1.165, 1.54) is 5.56 Å². The molecule has 0 saturated carbocycles. The molecular formula is C19H22N2OS. The van der Waals surface area contributed by atoms with Crippen LogP contribution in [0.3, 0.4) is 0 Å². The molecule has 0 unspecified atom stereocenters. The van der Waals surface area contributed by atoms with Gasteiger partial charge in [-0.05, 0) is 29.5 Å². The molecule has 0 saturated heterocycles. The number of thioether (sulfide) groups is 1. The summed E-state index contributed by atoms with van der Waals surface area (Å²) >= 11 is 1.93. The van der Waals surface area contributed by atoms with Crippen molar-refractivity contribution in [1.29, 1.82) is 0 Å². The minimum absolute atomic E-state index is 0.00595. The number of hydrogen-bond donors (Lipinski definition) is 1. The van der Waals surface area contributed by atoms with Gasteiger partial charge in [0.1, 0.15) is 0 Å². The van der Waals surface area contributed by atoms with Crippen LogP contribution in [-0.2, 0) is 5.41 Å². The molecule has 3 nitrogen and oxygen atoms in total. The Morgan fingerprint density at radius 2 is 1.78 bits per heavy atom. The third kappa shape index (κ3) is 2.95. The Morgan fingerprint density at radius 3 is 2.52 bits per heavy atom. The molecule has 0 spiro atoms. The van der Waals surface area contributed by atoms with Gasteiger partial charge in [0.2, 0.25) is 0 Å². The predicted octanol–water partition coefficient (Wildman–Crippen LogP) is 4.35. The Morgan fingerprint density at radius 1 is 1.09 bits per heavy atom. The number of nitrogens with zero attached hydrogens (tertiary/aromatic N) is 1. The molecule has 0 aliphatic heterocycles. The topological polar surface area (TPSA) is 37.8 Å². The summed E-state index contributed by atoms with van der Waals surface area (Å²) in [7, 11) is 0. The molecule has 0 aliphatic rings. The van der Waals surface area contributed by atoms with E-state index in [1.807, 2.05) is 54.2 Å². The quantitative estimate of drug-likeness (QED) is 0.757. The van der Waals surface area contributed by atoms with E-state index in [0.29, 0.717) is 0 Å². The lowest BCUT2D eigenvalue weighted by atomic mass is 9.85. The standard InChI is InChI=1S/C19H22N2OS/c1-4-23-13-19(2,3)15-10-6-8-12-17(15)21-18(22)14-9-5-7-11-16(14)20-21/h5-12,20H,4,13H2,1-3H3. The molecule has 0 aliphatic carbocycles. The zero-order valence-corrected chi connectivity index (χ0v) is 14.6. The molecule has 0 bridgehead atoms. The van der Waals surface area contributed by atoms with Crippen molar-refractivity contribution < 1.29 is 0 Å². The molecule has 1 heterocycles.